The predicted molar refractivity (Wildman–Crippen MR) is 108 cm³/mol. The summed E-state index contributed by atoms with van der Waals surface area (Å²) in [5.74, 6) is -0.406. The molecule has 5 nitrogen and oxygen atoms in total. The molecule has 0 saturated heterocycles. The lowest BCUT2D eigenvalue weighted by atomic mass is 10.0. The maximum Gasteiger partial charge on any atom is 0.336 e. The highest BCUT2D eigenvalue weighted by atomic mass is 16.2. The van der Waals surface area contributed by atoms with Crippen LogP contribution in [0, 0.1) is 11.3 Å². The summed E-state index contributed by atoms with van der Waals surface area (Å²) in [6.45, 7) is 2.29. The van der Waals surface area contributed by atoms with E-state index in [9.17, 15) is 14.9 Å². The highest BCUT2D eigenvalue weighted by molar-refractivity contribution is 6.01. The van der Waals surface area contributed by atoms with E-state index < -0.39 is 11.6 Å². The molecule has 4 aromatic rings. The maximum atomic E-state index is 13.1. The minimum absolute atomic E-state index is 0.398. The van der Waals surface area contributed by atoms with Gasteiger partial charge in [0, 0.05) is 12.1 Å². The molecule has 0 saturated carbocycles. The second-order valence-electron chi connectivity index (χ2n) is 6.43. The van der Waals surface area contributed by atoms with Gasteiger partial charge in [-0.15, -0.1) is 0 Å². The molecule has 1 aromatic heterocycles. The van der Waals surface area contributed by atoms with Crippen molar-refractivity contribution in [2.24, 2.45) is 0 Å². The fraction of sp³-hybridized carbons (Fsp3) is 0.0870. The number of aryl methyl sites for hydroxylation is 1. The van der Waals surface area contributed by atoms with Gasteiger partial charge in [0.2, 0.25) is 0 Å². The molecule has 5 heteroatoms. The summed E-state index contributed by atoms with van der Waals surface area (Å²) in [6, 6.07) is 24.1. The molecule has 4 rings (SSSR count). The zero-order valence-corrected chi connectivity index (χ0v) is 15.3. The number of nitriles is 1. The number of carbonyl (C=O) groups is 1. The van der Waals surface area contributed by atoms with Crippen LogP contribution < -0.4 is 5.69 Å². The number of carbonyl (C=O) groups excluding carboxylic acids is 1. The lowest BCUT2D eigenvalue weighted by molar-refractivity contribution is 0.0960. The van der Waals surface area contributed by atoms with Crippen LogP contribution in [0.25, 0.3) is 22.2 Å². The van der Waals surface area contributed by atoms with Crippen molar-refractivity contribution < 1.29 is 4.79 Å². The Morgan fingerprint density at radius 3 is 2.25 bits per heavy atom. The number of imidazole rings is 1. The fourth-order valence-electron chi connectivity index (χ4n) is 3.39. The Morgan fingerprint density at radius 2 is 1.61 bits per heavy atom. The number of hydrogen-bond acceptors (Lipinski definition) is 3. The highest BCUT2D eigenvalue weighted by Crippen LogP contribution is 2.21. The van der Waals surface area contributed by atoms with Crippen molar-refractivity contribution in [1.29, 1.82) is 5.26 Å². The summed E-state index contributed by atoms with van der Waals surface area (Å²) in [6.07, 6.45) is 0. The van der Waals surface area contributed by atoms with Gasteiger partial charge in [0.25, 0.3) is 5.91 Å². The van der Waals surface area contributed by atoms with Crippen LogP contribution in [0.2, 0.25) is 0 Å². The van der Waals surface area contributed by atoms with Crippen molar-refractivity contribution in [2.45, 2.75) is 13.5 Å². The van der Waals surface area contributed by atoms with E-state index in [-0.39, 0.29) is 0 Å². The van der Waals surface area contributed by atoms with E-state index in [1.807, 2.05) is 49.4 Å². The van der Waals surface area contributed by atoms with Crippen LogP contribution in [0.1, 0.15) is 22.8 Å². The van der Waals surface area contributed by atoms with E-state index in [0.717, 1.165) is 15.7 Å². The summed E-state index contributed by atoms with van der Waals surface area (Å²) in [7, 11) is 0. The first-order chi connectivity index (χ1) is 13.6. The Hall–Kier alpha value is -3.91. The van der Waals surface area contributed by atoms with Gasteiger partial charge in [0.05, 0.1) is 22.7 Å². The second-order valence-corrected chi connectivity index (χ2v) is 6.43. The van der Waals surface area contributed by atoms with Gasteiger partial charge in [-0.25, -0.2) is 9.36 Å². The van der Waals surface area contributed by atoms with Crippen molar-refractivity contribution in [1.82, 2.24) is 9.13 Å². The van der Waals surface area contributed by atoms with Gasteiger partial charge in [-0.1, -0.05) is 42.5 Å². The van der Waals surface area contributed by atoms with E-state index in [0.29, 0.717) is 28.7 Å². The van der Waals surface area contributed by atoms with E-state index in [1.54, 1.807) is 30.3 Å². The third-order valence-electron chi connectivity index (χ3n) is 4.82. The minimum Gasteiger partial charge on any atom is -0.292 e. The number of hydrogen-bond donors (Lipinski definition) is 0. The monoisotopic (exact) mass is 367 g/mol. The molecule has 0 spiro atoms. The Bertz CT molecular complexity index is 1270. The van der Waals surface area contributed by atoms with E-state index in [2.05, 4.69) is 6.07 Å². The van der Waals surface area contributed by atoms with Crippen molar-refractivity contribution in [3.05, 3.63) is 94.4 Å². The van der Waals surface area contributed by atoms with Gasteiger partial charge < -0.3 is 0 Å². The SMILES string of the molecule is CCn1c(=O)n(C(=O)c2ccc(-c3ccccc3)cc2)c2cc(C#N)ccc21. The molecular formula is C23H17N3O2. The molecule has 0 fully saturated rings. The van der Waals surface area contributed by atoms with E-state index in [4.69, 9.17) is 0 Å². The van der Waals surface area contributed by atoms with Crippen LogP contribution >= 0.6 is 0 Å². The lowest BCUT2D eigenvalue weighted by Crippen LogP contribution is -2.29. The number of rotatable bonds is 3. The molecule has 136 valence electrons. The van der Waals surface area contributed by atoms with Crippen molar-refractivity contribution >= 4 is 16.9 Å². The predicted octanol–water partition coefficient (Wildman–Crippen LogP) is 4.05. The second kappa shape index (κ2) is 7.01. The van der Waals surface area contributed by atoms with E-state index >= 15 is 0 Å². The molecule has 0 aliphatic rings. The third-order valence-corrected chi connectivity index (χ3v) is 4.82. The largest absolute Gasteiger partial charge is 0.336 e. The molecule has 0 radical (unpaired) electrons. The van der Waals surface area contributed by atoms with Crippen molar-refractivity contribution in [3.63, 3.8) is 0 Å². The molecule has 0 bridgehead atoms. The maximum absolute atomic E-state index is 13.1. The quantitative estimate of drug-likeness (QED) is 0.549. The number of fused-ring (bicyclic) bond motifs is 1. The van der Waals surface area contributed by atoms with Crippen LogP contribution in [0.4, 0.5) is 0 Å². The van der Waals surface area contributed by atoms with Crippen LogP contribution in [0.5, 0.6) is 0 Å². The Balaban J connectivity index is 1.82. The third kappa shape index (κ3) is 2.81. The lowest BCUT2D eigenvalue weighted by Gasteiger charge is -2.05. The molecular weight excluding hydrogens is 350 g/mol. The van der Waals surface area contributed by atoms with Gasteiger partial charge in [-0.05, 0) is 48.4 Å². The molecule has 28 heavy (non-hydrogen) atoms. The average molecular weight is 367 g/mol. The topological polar surface area (TPSA) is 67.8 Å². The standard InChI is InChI=1S/C23H17N3O2/c1-2-25-20-13-8-16(15-24)14-21(20)26(23(25)28)22(27)19-11-9-18(10-12-19)17-6-4-3-5-7-17/h3-14H,2H2,1H3. The van der Waals surface area contributed by atoms with Crippen LogP contribution in [0.3, 0.4) is 0 Å². The van der Waals surface area contributed by atoms with Gasteiger partial charge in [-0.2, -0.15) is 5.26 Å². The van der Waals surface area contributed by atoms with E-state index in [1.165, 1.54) is 4.57 Å². The minimum atomic E-state index is -0.406. The Kier molecular flexibility index (Phi) is 4.38. The highest BCUT2D eigenvalue weighted by Gasteiger charge is 2.19. The first kappa shape index (κ1) is 17.5. The van der Waals surface area contributed by atoms with Gasteiger partial charge in [-0.3, -0.25) is 9.36 Å². The van der Waals surface area contributed by atoms with Gasteiger partial charge in [0.1, 0.15) is 0 Å². The molecule has 0 unspecified atom stereocenters. The summed E-state index contributed by atoms with van der Waals surface area (Å²) < 4.78 is 2.68. The summed E-state index contributed by atoms with van der Waals surface area (Å²) in [4.78, 5) is 26.0. The van der Waals surface area contributed by atoms with Crippen LogP contribution in [0.15, 0.2) is 77.6 Å². The normalized spacial score (nSPS) is 10.7. The Morgan fingerprint density at radius 1 is 0.929 bits per heavy atom. The van der Waals surface area contributed by atoms with Gasteiger partial charge in [0.15, 0.2) is 0 Å². The number of aromatic nitrogens is 2. The number of nitrogens with zero attached hydrogens (tertiary/aromatic N) is 3. The molecule has 0 aliphatic carbocycles. The molecule has 0 N–H and O–H groups in total. The molecule has 0 atom stereocenters. The number of benzene rings is 3. The van der Waals surface area contributed by atoms with Gasteiger partial charge >= 0.3 is 5.69 Å². The zero-order valence-electron chi connectivity index (χ0n) is 15.3. The molecule has 0 aliphatic heterocycles. The van der Waals surface area contributed by atoms with Crippen LogP contribution in [-0.4, -0.2) is 15.0 Å². The van der Waals surface area contributed by atoms with Crippen molar-refractivity contribution in [3.8, 4) is 17.2 Å². The first-order valence-corrected chi connectivity index (χ1v) is 8.99. The first-order valence-electron chi connectivity index (χ1n) is 8.99. The van der Waals surface area contributed by atoms with Crippen molar-refractivity contribution in [2.75, 3.05) is 0 Å². The Labute approximate surface area is 161 Å². The smallest absolute Gasteiger partial charge is 0.292 e. The summed E-state index contributed by atoms with van der Waals surface area (Å²) in [5, 5.41) is 9.19. The average Bonchev–Trinajstić information content (AvgIpc) is 3.04. The summed E-state index contributed by atoms with van der Waals surface area (Å²) >= 11 is 0. The molecule has 1 heterocycles. The zero-order chi connectivity index (χ0) is 19.7. The summed E-state index contributed by atoms with van der Waals surface area (Å²) in [5.41, 5.74) is 3.56. The molecule has 0 amide bonds. The molecule has 3 aromatic carbocycles. The van der Waals surface area contributed by atoms with Crippen LogP contribution in [-0.2, 0) is 6.54 Å². The fourth-order valence-corrected chi connectivity index (χ4v) is 3.39.